The van der Waals surface area contributed by atoms with Crippen LogP contribution >= 0.6 is 27.3 Å². The first kappa shape index (κ1) is 15.3. The highest BCUT2D eigenvalue weighted by atomic mass is 79.9. The Hall–Kier alpha value is -0.640. The number of thiophene rings is 1. The van der Waals surface area contributed by atoms with Crippen LogP contribution in [-0.2, 0) is 5.41 Å². The van der Waals surface area contributed by atoms with Gasteiger partial charge < -0.3 is 5.32 Å². The van der Waals surface area contributed by atoms with E-state index in [1.165, 1.54) is 39.1 Å². The molecule has 0 bridgehead atoms. The third-order valence-electron chi connectivity index (χ3n) is 4.53. The molecule has 1 aliphatic carbocycles. The van der Waals surface area contributed by atoms with Crippen LogP contribution in [0.2, 0.25) is 0 Å². The van der Waals surface area contributed by atoms with Gasteiger partial charge in [-0.25, -0.2) is 0 Å². The summed E-state index contributed by atoms with van der Waals surface area (Å²) in [4.78, 5) is 1.43. The van der Waals surface area contributed by atoms with Crippen LogP contribution in [0.5, 0.6) is 0 Å². The molecular weight excluding hydrogens is 342 g/mol. The van der Waals surface area contributed by atoms with Crippen molar-refractivity contribution in [3.8, 4) is 0 Å². The molecule has 1 heterocycles. The van der Waals surface area contributed by atoms with Crippen molar-refractivity contribution in [1.29, 1.82) is 0 Å². The summed E-state index contributed by atoms with van der Waals surface area (Å²) in [5.41, 5.74) is 3.25. The Labute approximate surface area is 139 Å². The predicted molar refractivity (Wildman–Crippen MR) is 95.1 cm³/mol. The fourth-order valence-electron chi connectivity index (χ4n) is 3.29. The number of halogens is 1. The van der Waals surface area contributed by atoms with E-state index < -0.39 is 0 Å². The molecule has 21 heavy (non-hydrogen) atoms. The van der Waals surface area contributed by atoms with Crippen LogP contribution in [-0.4, -0.2) is 6.54 Å². The van der Waals surface area contributed by atoms with Crippen molar-refractivity contribution < 1.29 is 0 Å². The number of benzene rings is 1. The minimum absolute atomic E-state index is 0.293. The summed E-state index contributed by atoms with van der Waals surface area (Å²) < 4.78 is 1.24. The maximum absolute atomic E-state index is 3.83. The fourth-order valence-corrected chi connectivity index (χ4v) is 5.03. The number of hydrogen-bond acceptors (Lipinski definition) is 2. The molecule has 1 aliphatic rings. The van der Waals surface area contributed by atoms with Crippen molar-refractivity contribution in [2.75, 3.05) is 6.54 Å². The Kier molecular flexibility index (Phi) is 4.53. The van der Waals surface area contributed by atoms with Gasteiger partial charge in [0.15, 0.2) is 0 Å². The Morgan fingerprint density at radius 3 is 2.52 bits per heavy atom. The Morgan fingerprint density at radius 2 is 2.00 bits per heavy atom. The molecule has 1 aromatic carbocycles. The van der Waals surface area contributed by atoms with Gasteiger partial charge in [0.2, 0.25) is 0 Å². The third kappa shape index (κ3) is 2.96. The second-order valence-electron chi connectivity index (χ2n) is 5.97. The Morgan fingerprint density at radius 1 is 1.29 bits per heavy atom. The highest BCUT2D eigenvalue weighted by Gasteiger charge is 2.51. The van der Waals surface area contributed by atoms with Crippen LogP contribution in [0.15, 0.2) is 40.2 Å². The Balaban J connectivity index is 1.98. The van der Waals surface area contributed by atoms with Gasteiger partial charge in [0.25, 0.3) is 0 Å². The van der Waals surface area contributed by atoms with Gasteiger partial charge in [-0.3, -0.25) is 0 Å². The average Bonchev–Trinajstić information content (AvgIpc) is 3.22. The van der Waals surface area contributed by atoms with E-state index in [9.17, 15) is 0 Å². The zero-order valence-electron chi connectivity index (χ0n) is 12.7. The molecule has 3 heteroatoms. The zero-order chi connectivity index (χ0) is 14.9. The minimum Gasteiger partial charge on any atom is -0.309 e. The quantitative estimate of drug-likeness (QED) is 0.704. The minimum atomic E-state index is 0.293. The lowest BCUT2D eigenvalue weighted by Gasteiger charge is -2.29. The molecule has 3 rings (SSSR count). The van der Waals surface area contributed by atoms with Gasteiger partial charge >= 0.3 is 0 Å². The largest absolute Gasteiger partial charge is 0.309 e. The monoisotopic (exact) mass is 363 g/mol. The Bertz CT molecular complexity index is 601. The van der Waals surface area contributed by atoms with E-state index in [4.69, 9.17) is 0 Å². The second-order valence-corrected chi connectivity index (χ2v) is 8.61. The van der Waals surface area contributed by atoms with Crippen LogP contribution in [0.25, 0.3) is 0 Å². The molecule has 1 unspecified atom stereocenters. The molecule has 1 fully saturated rings. The first-order valence-electron chi connectivity index (χ1n) is 7.72. The molecule has 0 amide bonds. The standard InChI is InChI=1S/C18H22BrNS/c1-3-11-20-17(15-12-16(19)21-13(15)2)18(9-10-18)14-7-5-4-6-8-14/h4-8,12,17,20H,3,9-11H2,1-2H3. The van der Waals surface area contributed by atoms with Crippen molar-refractivity contribution >= 4 is 27.3 Å². The molecule has 2 aromatic rings. The number of aryl methyl sites for hydroxylation is 1. The average molecular weight is 364 g/mol. The van der Waals surface area contributed by atoms with Gasteiger partial charge in [-0.1, -0.05) is 37.3 Å². The SMILES string of the molecule is CCCNC(c1cc(Br)sc1C)C1(c2ccccc2)CC1. The third-order valence-corrected chi connectivity index (χ3v) is 6.09. The summed E-state index contributed by atoms with van der Waals surface area (Å²) in [6.45, 7) is 5.56. The molecule has 112 valence electrons. The van der Waals surface area contributed by atoms with Gasteiger partial charge in [0.1, 0.15) is 0 Å². The highest BCUT2D eigenvalue weighted by Crippen LogP contribution is 2.57. The summed E-state index contributed by atoms with van der Waals surface area (Å²) in [6, 6.07) is 13.8. The van der Waals surface area contributed by atoms with Crippen molar-refractivity contribution in [1.82, 2.24) is 5.32 Å². The van der Waals surface area contributed by atoms with Gasteiger partial charge in [0, 0.05) is 16.3 Å². The number of hydrogen-bond donors (Lipinski definition) is 1. The van der Waals surface area contributed by atoms with E-state index in [1.54, 1.807) is 0 Å². The smallest absolute Gasteiger partial charge is 0.0704 e. The van der Waals surface area contributed by atoms with Gasteiger partial charge in [-0.05, 0) is 65.9 Å². The first-order chi connectivity index (χ1) is 10.2. The lowest BCUT2D eigenvalue weighted by Crippen LogP contribution is -2.33. The molecule has 1 aromatic heterocycles. The molecule has 1 N–H and O–H groups in total. The molecule has 1 saturated carbocycles. The number of rotatable bonds is 6. The van der Waals surface area contributed by atoms with Gasteiger partial charge in [0.05, 0.1) is 3.79 Å². The van der Waals surface area contributed by atoms with Crippen LogP contribution in [0, 0.1) is 6.92 Å². The van der Waals surface area contributed by atoms with E-state index in [-0.39, 0.29) is 0 Å². The normalized spacial score (nSPS) is 17.7. The topological polar surface area (TPSA) is 12.0 Å². The molecule has 0 aliphatic heterocycles. The number of nitrogens with one attached hydrogen (secondary N) is 1. The van der Waals surface area contributed by atoms with Gasteiger partial charge in [-0.2, -0.15) is 0 Å². The lowest BCUT2D eigenvalue weighted by atomic mass is 9.84. The second kappa shape index (κ2) is 6.23. The van der Waals surface area contributed by atoms with Crippen LogP contribution < -0.4 is 5.32 Å². The lowest BCUT2D eigenvalue weighted by molar-refractivity contribution is 0.429. The molecule has 0 radical (unpaired) electrons. The van der Waals surface area contributed by atoms with Crippen LogP contribution in [0.4, 0.5) is 0 Å². The van der Waals surface area contributed by atoms with Gasteiger partial charge in [-0.15, -0.1) is 11.3 Å². The summed E-state index contributed by atoms with van der Waals surface area (Å²) in [5.74, 6) is 0. The highest BCUT2D eigenvalue weighted by molar-refractivity contribution is 9.11. The first-order valence-corrected chi connectivity index (χ1v) is 9.33. The van der Waals surface area contributed by atoms with Crippen molar-refractivity contribution in [2.24, 2.45) is 0 Å². The molecule has 1 nitrogen and oxygen atoms in total. The van der Waals surface area contributed by atoms with Crippen molar-refractivity contribution in [3.63, 3.8) is 0 Å². The summed E-state index contributed by atoms with van der Waals surface area (Å²) in [7, 11) is 0. The summed E-state index contributed by atoms with van der Waals surface area (Å²) in [5, 5.41) is 3.83. The maximum Gasteiger partial charge on any atom is 0.0704 e. The van der Waals surface area contributed by atoms with E-state index in [1.807, 2.05) is 11.3 Å². The fraction of sp³-hybridized carbons (Fsp3) is 0.444. The van der Waals surface area contributed by atoms with E-state index in [0.29, 0.717) is 11.5 Å². The van der Waals surface area contributed by atoms with Crippen molar-refractivity contribution in [3.05, 3.63) is 56.2 Å². The van der Waals surface area contributed by atoms with E-state index >= 15 is 0 Å². The summed E-state index contributed by atoms with van der Waals surface area (Å²) in [6.07, 6.45) is 3.74. The van der Waals surface area contributed by atoms with E-state index in [2.05, 4.69) is 71.5 Å². The molecular formula is C18H22BrNS. The predicted octanol–water partition coefficient (Wildman–Crippen LogP) is 5.59. The van der Waals surface area contributed by atoms with Crippen LogP contribution in [0.1, 0.15) is 48.2 Å². The zero-order valence-corrected chi connectivity index (χ0v) is 15.1. The summed E-state index contributed by atoms with van der Waals surface area (Å²) >= 11 is 5.50. The maximum atomic E-state index is 3.83. The van der Waals surface area contributed by atoms with Crippen LogP contribution in [0.3, 0.4) is 0 Å². The van der Waals surface area contributed by atoms with Crippen molar-refractivity contribution in [2.45, 2.75) is 44.6 Å². The molecule has 1 atom stereocenters. The molecule has 0 saturated heterocycles. The molecule has 0 spiro atoms. The van der Waals surface area contributed by atoms with E-state index in [0.717, 1.165) is 6.54 Å².